The van der Waals surface area contributed by atoms with E-state index in [-0.39, 0.29) is 0 Å². The fraction of sp³-hybridized carbons (Fsp3) is 0.600. The molecule has 0 radical (unpaired) electrons. The summed E-state index contributed by atoms with van der Waals surface area (Å²) in [5.74, 6) is 2.14. The molecule has 0 bridgehead atoms. The van der Waals surface area contributed by atoms with Crippen molar-refractivity contribution >= 4 is 11.8 Å². The predicted molar refractivity (Wildman–Crippen MR) is 58.1 cm³/mol. The third-order valence-corrected chi connectivity index (χ3v) is 2.75. The first-order chi connectivity index (χ1) is 6.24. The van der Waals surface area contributed by atoms with Crippen LogP contribution in [-0.4, -0.2) is 18.1 Å². The van der Waals surface area contributed by atoms with E-state index >= 15 is 0 Å². The van der Waals surface area contributed by atoms with Gasteiger partial charge in [0, 0.05) is 11.8 Å². The lowest BCUT2D eigenvalue weighted by Gasteiger charge is -2.17. The molecule has 0 aliphatic rings. The quantitative estimate of drug-likeness (QED) is 0.789. The van der Waals surface area contributed by atoms with Crippen LogP contribution < -0.4 is 5.32 Å². The molecule has 0 amide bonds. The molecule has 0 aliphatic heterocycles. The molecule has 74 valence electrons. The highest BCUT2D eigenvalue weighted by Gasteiger charge is 2.10. The van der Waals surface area contributed by atoms with Crippen molar-refractivity contribution in [1.82, 2.24) is 5.32 Å². The zero-order valence-electron chi connectivity index (χ0n) is 8.41. The van der Waals surface area contributed by atoms with E-state index in [0.29, 0.717) is 12.1 Å². The van der Waals surface area contributed by atoms with Crippen molar-refractivity contribution in [3.05, 3.63) is 24.2 Å². The molecule has 0 fully saturated rings. The third-order valence-electron chi connectivity index (χ3n) is 1.92. The Kier molecular flexibility index (Phi) is 4.39. The Morgan fingerprint density at radius 3 is 2.85 bits per heavy atom. The maximum absolute atomic E-state index is 5.30. The summed E-state index contributed by atoms with van der Waals surface area (Å²) in [6.45, 7) is 4.31. The minimum absolute atomic E-state index is 0.303. The van der Waals surface area contributed by atoms with Crippen LogP contribution >= 0.6 is 11.8 Å². The molecule has 0 aliphatic carbocycles. The fourth-order valence-corrected chi connectivity index (χ4v) is 1.94. The lowest BCUT2D eigenvalue weighted by molar-refractivity contribution is 0.410. The summed E-state index contributed by atoms with van der Waals surface area (Å²) in [6.07, 6.45) is 3.84. The van der Waals surface area contributed by atoms with Gasteiger partial charge in [-0.2, -0.15) is 11.8 Å². The molecule has 1 heterocycles. The second-order valence-electron chi connectivity index (χ2n) is 3.26. The van der Waals surface area contributed by atoms with Crippen LogP contribution in [0.1, 0.15) is 25.6 Å². The summed E-state index contributed by atoms with van der Waals surface area (Å²) in [6, 6.07) is 4.75. The van der Waals surface area contributed by atoms with Crippen LogP contribution in [0.5, 0.6) is 0 Å². The molecule has 1 aromatic heterocycles. The first kappa shape index (κ1) is 10.7. The van der Waals surface area contributed by atoms with Crippen LogP contribution in [0.15, 0.2) is 22.8 Å². The van der Waals surface area contributed by atoms with Crippen LogP contribution in [0.4, 0.5) is 0 Å². The molecule has 2 nitrogen and oxygen atoms in total. The molecular weight excluding hydrogens is 182 g/mol. The summed E-state index contributed by atoms with van der Waals surface area (Å²) in [7, 11) is 0. The Bertz CT molecular complexity index is 223. The zero-order valence-corrected chi connectivity index (χ0v) is 9.23. The first-order valence-corrected chi connectivity index (χ1v) is 5.91. The van der Waals surface area contributed by atoms with Gasteiger partial charge >= 0.3 is 0 Å². The number of hydrogen-bond donors (Lipinski definition) is 1. The molecule has 0 spiro atoms. The van der Waals surface area contributed by atoms with Crippen LogP contribution in [0.2, 0.25) is 0 Å². The van der Waals surface area contributed by atoms with Gasteiger partial charge in [0.05, 0.1) is 12.3 Å². The molecular formula is C10H17NOS. The van der Waals surface area contributed by atoms with Crippen molar-refractivity contribution in [2.75, 3.05) is 12.0 Å². The second-order valence-corrected chi connectivity index (χ2v) is 4.17. The third kappa shape index (κ3) is 3.44. The number of hydrogen-bond acceptors (Lipinski definition) is 3. The molecule has 1 rings (SSSR count). The van der Waals surface area contributed by atoms with Crippen LogP contribution in [-0.2, 0) is 0 Å². The Hall–Kier alpha value is -0.410. The van der Waals surface area contributed by atoms with Crippen molar-refractivity contribution in [3.63, 3.8) is 0 Å². The van der Waals surface area contributed by atoms with E-state index in [9.17, 15) is 0 Å². The summed E-state index contributed by atoms with van der Waals surface area (Å²) in [5.41, 5.74) is 0. The normalized spacial score (nSPS) is 15.6. The van der Waals surface area contributed by atoms with E-state index in [1.807, 2.05) is 23.9 Å². The highest BCUT2D eigenvalue weighted by Crippen LogP contribution is 2.13. The molecule has 1 N–H and O–H groups in total. The van der Waals surface area contributed by atoms with E-state index in [0.717, 1.165) is 11.5 Å². The fourth-order valence-electron chi connectivity index (χ4n) is 1.34. The molecule has 2 unspecified atom stereocenters. The van der Waals surface area contributed by atoms with Crippen molar-refractivity contribution in [2.24, 2.45) is 0 Å². The van der Waals surface area contributed by atoms with Crippen LogP contribution in [0.3, 0.4) is 0 Å². The van der Waals surface area contributed by atoms with E-state index in [2.05, 4.69) is 25.4 Å². The number of rotatable bonds is 5. The van der Waals surface area contributed by atoms with E-state index in [1.165, 1.54) is 0 Å². The SMILES string of the molecule is CSCC(C)NC(C)c1ccco1. The second kappa shape index (κ2) is 5.35. The summed E-state index contributed by atoms with van der Waals surface area (Å²) < 4.78 is 5.30. The molecule has 0 saturated heterocycles. The maximum Gasteiger partial charge on any atom is 0.120 e. The molecule has 2 atom stereocenters. The highest BCUT2D eigenvalue weighted by atomic mass is 32.2. The van der Waals surface area contributed by atoms with Gasteiger partial charge in [0.25, 0.3) is 0 Å². The molecule has 0 saturated carbocycles. The van der Waals surface area contributed by atoms with Gasteiger partial charge in [0.15, 0.2) is 0 Å². The maximum atomic E-state index is 5.30. The van der Waals surface area contributed by atoms with E-state index in [4.69, 9.17) is 4.42 Å². The largest absolute Gasteiger partial charge is 0.468 e. The Balaban J connectivity index is 2.37. The highest BCUT2D eigenvalue weighted by molar-refractivity contribution is 7.98. The van der Waals surface area contributed by atoms with E-state index < -0.39 is 0 Å². The van der Waals surface area contributed by atoms with Crippen molar-refractivity contribution in [3.8, 4) is 0 Å². The molecule has 0 aromatic carbocycles. The molecule has 1 aromatic rings. The average molecular weight is 199 g/mol. The summed E-state index contributed by atoms with van der Waals surface area (Å²) in [4.78, 5) is 0. The monoisotopic (exact) mass is 199 g/mol. The van der Waals surface area contributed by atoms with Crippen LogP contribution in [0.25, 0.3) is 0 Å². The minimum Gasteiger partial charge on any atom is -0.468 e. The van der Waals surface area contributed by atoms with Gasteiger partial charge in [-0.25, -0.2) is 0 Å². The van der Waals surface area contributed by atoms with Gasteiger partial charge in [0.1, 0.15) is 5.76 Å². The smallest absolute Gasteiger partial charge is 0.120 e. The Morgan fingerprint density at radius 2 is 2.31 bits per heavy atom. The van der Waals surface area contributed by atoms with Crippen LogP contribution in [0, 0.1) is 0 Å². The average Bonchev–Trinajstić information content (AvgIpc) is 2.55. The number of furan rings is 1. The number of nitrogens with one attached hydrogen (secondary N) is 1. The first-order valence-electron chi connectivity index (χ1n) is 4.52. The lowest BCUT2D eigenvalue weighted by atomic mass is 10.2. The number of thioether (sulfide) groups is 1. The van der Waals surface area contributed by atoms with Crippen molar-refractivity contribution < 1.29 is 4.42 Å². The van der Waals surface area contributed by atoms with Gasteiger partial charge < -0.3 is 9.73 Å². The summed E-state index contributed by atoms with van der Waals surface area (Å²) in [5, 5.41) is 3.47. The van der Waals surface area contributed by atoms with Gasteiger partial charge in [-0.05, 0) is 32.2 Å². The zero-order chi connectivity index (χ0) is 9.68. The minimum atomic E-state index is 0.303. The predicted octanol–water partition coefficient (Wildman–Crippen LogP) is 2.68. The van der Waals surface area contributed by atoms with Gasteiger partial charge in [-0.15, -0.1) is 0 Å². The Labute approximate surface area is 84.1 Å². The van der Waals surface area contributed by atoms with E-state index in [1.54, 1.807) is 6.26 Å². The topological polar surface area (TPSA) is 25.2 Å². The van der Waals surface area contributed by atoms with Crippen molar-refractivity contribution in [1.29, 1.82) is 0 Å². The lowest BCUT2D eigenvalue weighted by Crippen LogP contribution is -2.30. The Morgan fingerprint density at radius 1 is 1.54 bits per heavy atom. The van der Waals surface area contributed by atoms with Crippen molar-refractivity contribution in [2.45, 2.75) is 25.9 Å². The van der Waals surface area contributed by atoms with Gasteiger partial charge in [0.2, 0.25) is 0 Å². The van der Waals surface area contributed by atoms with Gasteiger partial charge in [-0.1, -0.05) is 0 Å². The molecule has 13 heavy (non-hydrogen) atoms. The van der Waals surface area contributed by atoms with Gasteiger partial charge in [-0.3, -0.25) is 0 Å². The standard InChI is InChI=1S/C10H17NOS/c1-8(7-13-3)11-9(2)10-5-4-6-12-10/h4-6,8-9,11H,7H2,1-3H3. The summed E-state index contributed by atoms with van der Waals surface area (Å²) >= 11 is 1.86. The molecule has 3 heteroatoms.